The van der Waals surface area contributed by atoms with Crippen LogP contribution in [0.4, 0.5) is 0 Å². The third-order valence-electron chi connectivity index (χ3n) is 3.73. The topological polar surface area (TPSA) is 54.0 Å². The van der Waals surface area contributed by atoms with Crippen molar-refractivity contribution >= 4 is 18.3 Å². The summed E-state index contributed by atoms with van der Waals surface area (Å²) in [6, 6.07) is 14.0. The summed E-state index contributed by atoms with van der Waals surface area (Å²) in [6.07, 6.45) is 3.79. The molecule has 2 N–H and O–H groups in total. The number of nitrogens with zero attached hydrogens (tertiary/aromatic N) is 1. The molecule has 1 saturated heterocycles. The molecular formula is C17H20ClN3O. The summed E-state index contributed by atoms with van der Waals surface area (Å²) >= 11 is 0. The largest absolute Gasteiger partial charge is 0.351 e. The van der Waals surface area contributed by atoms with Gasteiger partial charge < -0.3 is 10.6 Å². The van der Waals surface area contributed by atoms with Gasteiger partial charge in [-0.25, -0.2) is 0 Å². The Kier molecular flexibility index (Phi) is 5.92. The number of halogens is 1. The average Bonchev–Trinajstić information content (AvgIpc) is 3.08. The van der Waals surface area contributed by atoms with Gasteiger partial charge in [-0.1, -0.05) is 24.3 Å². The van der Waals surface area contributed by atoms with Gasteiger partial charge in [0.1, 0.15) is 0 Å². The minimum atomic E-state index is -0.0241. The van der Waals surface area contributed by atoms with E-state index in [-0.39, 0.29) is 24.4 Å². The number of hydrogen-bond acceptors (Lipinski definition) is 3. The van der Waals surface area contributed by atoms with Gasteiger partial charge in [0.05, 0.1) is 11.7 Å². The van der Waals surface area contributed by atoms with Crippen LogP contribution in [0.5, 0.6) is 0 Å². The number of carbonyl (C=O) groups is 1. The molecule has 22 heavy (non-hydrogen) atoms. The molecule has 5 heteroatoms. The van der Waals surface area contributed by atoms with E-state index < -0.39 is 0 Å². The highest BCUT2D eigenvalue weighted by Gasteiger charge is 2.21. The van der Waals surface area contributed by atoms with Crippen LogP contribution in [0, 0.1) is 0 Å². The van der Waals surface area contributed by atoms with Crippen molar-refractivity contribution in [2.75, 3.05) is 6.54 Å². The molecule has 2 aromatic rings. The van der Waals surface area contributed by atoms with Crippen molar-refractivity contribution in [3.63, 3.8) is 0 Å². The van der Waals surface area contributed by atoms with Gasteiger partial charge in [0, 0.05) is 18.3 Å². The van der Waals surface area contributed by atoms with E-state index >= 15 is 0 Å². The highest BCUT2D eigenvalue weighted by Crippen LogP contribution is 2.17. The fraction of sp³-hybridized carbons (Fsp3) is 0.294. The SMILES string of the molecule is Cl.O=C(NCc1cccc(-c2ccccn2)c1)C1CCCN1. The molecular weight excluding hydrogens is 298 g/mol. The lowest BCUT2D eigenvalue weighted by Crippen LogP contribution is -2.39. The molecule has 1 amide bonds. The predicted molar refractivity (Wildman–Crippen MR) is 89.8 cm³/mol. The lowest BCUT2D eigenvalue weighted by Gasteiger charge is -2.11. The Labute approximate surface area is 136 Å². The Balaban J connectivity index is 0.00000176. The Bertz CT molecular complexity index is 612. The number of benzene rings is 1. The first-order chi connectivity index (χ1) is 10.3. The molecule has 0 aliphatic carbocycles. The Morgan fingerprint density at radius 2 is 2.18 bits per heavy atom. The summed E-state index contributed by atoms with van der Waals surface area (Å²) < 4.78 is 0. The Morgan fingerprint density at radius 1 is 1.27 bits per heavy atom. The molecule has 1 aliphatic heterocycles. The van der Waals surface area contributed by atoms with Crippen LogP contribution in [-0.4, -0.2) is 23.5 Å². The van der Waals surface area contributed by atoms with Gasteiger partial charge in [0.15, 0.2) is 0 Å². The first-order valence-corrected chi connectivity index (χ1v) is 7.34. The van der Waals surface area contributed by atoms with Crippen molar-refractivity contribution in [2.24, 2.45) is 0 Å². The Hall–Kier alpha value is -1.91. The molecule has 116 valence electrons. The van der Waals surface area contributed by atoms with Gasteiger partial charge in [0.2, 0.25) is 5.91 Å². The van der Waals surface area contributed by atoms with Crippen LogP contribution in [0.25, 0.3) is 11.3 Å². The summed E-state index contributed by atoms with van der Waals surface area (Å²) in [4.78, 5) is 16.3. The van der Waals surface area contributed by atoms with Crippen molar-refractivity contribution in [2.45, 2.75) is 25.4 Å². The molecule has 1 aromatic carbocycles. The van der Waals surface area contributed by atoms with E-state index in [9.17, 15) is 4.79 Å². The minimum absolute atomic E-state index is 0. The third kappa shape index (κ3) is 4.06. The molecule has 0 saturated carbocycles. The summed E-state index contributed by atoms with van der Waals surface area (Å²) in [5, 5.41) is 6.21. The molecule has 0 spiro atoms. The molecule has 1 unspecified atom stereocenters. The molecule has 1 atom stereocenters. The van der Waals surface area contributed by atoms with E-state index in [1.165, 1.54) is 0 Å². The second-order valence-electron chi connectivity index (χ2n) is 5.28. The lowest BCUT2D eigenvalue weighted by molar-refractivity contribution is -0.122. The summed E-state index contributed by atoms with van der Waals surface area (Å²) in [7, 11) is 0. The number of nitrogens with one attached hydrogen (secondary N) is 2. The van der Waals surface area contributed by atoms with Gasteiger partial charge in [-0.3, -0.25) is 9.78 Å². The number of rotatable bonds is 4. The zero-order chi connectivity index (χ0) is 14.5. The summed E-state index contributed by atoms with van der Waals surface area (Å²) in [5.41, 5.74) is 3.11. The molecule has 0 radical (unpaired) electrons. The standard InChI is InChI=1S/C17H19N3O.ClH/c21-17(16-8-4-10-19-16)20-12-13-5-3-6-14(11-13)15-7-1-2-9-18-15;/h1-3,5-7,9,11,16,19H,4,8,10,12H2,(H,20,21);1H. The third-order valence-corrected chi connectivity index (χ3v) is 3.73. The molecule has 3 rings (SSSR count). The first-order valence-electron chi connectivity index (χ1n) is 7.34. The smallest absolute Gasteiger partial charge is 0.237 e. The van der Waals surface area contributed by atoms with Crippen molar-refractivity contribution in [3.8, 4) is 11.3 Å². The van der Waals surface area contributed by atoms with Crippen LogP contribution >= 0.6 is 12.4 Å². The average molecular weight is 318 g/mol. The molecule has 4 nitrogen and oxygen atoms in total. The molecule has 1 aliphatic rings. The van der Waals surface area contributed by atoms with E-state index in [4.69, 9.17) is 0 Å². The quantitative estimate of drug-likeness (QED) is 0.911. The van der Waals surface area contributed by atoms with Crippen LogP contribution in [0.1, 0.15) is 18.4 Å². The number of pyridine rings is 1. The number of amides is 1. The highest BCUT2D eigenvalue weighted by molar-refractivity contribution is 5.85. The monoisotopic (exact) mass is 317 g/mol. The van der Waals surface area contributed by atoms with E-state index in [1.54, 1.807) is 6.20 Å². The first kappa shape index (κ1) is 16.5. The predicted octanol–water partition coefficient (Wildman–Crippen LogP) is 2.54. The number of aromatic nitrogens is 1. The Morgan fingerprint density at radius 3 is 2.91 bits per heavy atom. The fourth-order valence-corrected chi connectivity index (χ4v) is 2.59. The molecule has 1 aromatic heterocycles. The summed E-state index contributed by atoms with van der Waals surface area (Å²) in [6.45, 7) is 1.49. The van der Waals surface area contributed by atoms with Crippen molar-refractivity contribution in [3.05, 3.63) is 54.2 Å². The van der Waals surface area contributed by atoms with Crippen molar-refractivity contribution < 1.29 is 4.79 Å². The van der Waals surface area contributed by atoms with Crippen LogP contribution in [-0.2, 0) is 11.3 Å². The molecule has 1 fully saturated rings. The zero-order valence-electron chi connectivity index (χ0n) is 12.3. The maximum atomic E-state index is 12.0. The van der Waals surface area contributed by atoms with Crippen molar-refractivity contribution in [1.29, 1.82) is 0 Å². The van der Waals surface area contributed by atoms with E-state index in [2.05, 4.69) is 21.7 Å². The van der Waals surface area contributed by atoms with Crippen LogP contribution < -0.4 is 10.6 Å². The van der Waals surface area contributed by atoms with Crippen LogP contribution in [0.2, 0.25) is 0 Å². The van der Waals surface area contributed by atoms with Crippen LogP contribution in [0.15, 0.2) is 48.7 Å². The molecule has 2 heterocycles. The lowest BCUT2D eigenvalue weighted by atomic mass is 10.1. The van der Waals surface area contributed by atoms with E-state index in [0.29, 0.717) is 6.54 Å². The normalized spacial score (nSPS) is 16.8. The maximum Gasteiger partial charge on any atom is 0.237 e. The second-order valence-corrected chi connectivity index (χ2v) is 5.28. The van der Waals surface area contributed by atoms with Gasteiger partial charge in [0.25, 0.3) is 0 Å². The van der Waals surface area contributed by atoms with E-state index in [0.717, 1.165) is 36.2 Å². The zero-order valence-corrected chi connectivity index (χ0v) is 13.1. The minimum Gasteiger partial charge on any atom is -0.351 e. The fourth-order valence-electron chi connectivity index (χ4n) is 2.59. The number of carbonyl (C=O) groups excluding carboxylic acids is 1. The van der Waals surface area contributed by atoms with Gasteiger partial charge in [-0.2, -0.15) is 0 Å². The summed E-state index contributed by atoms with van der Waals surface area (Å²) in [5.74, 6) is 0.0933. The van der Waals surface area contributed by atoms with Gasteiger partial charge >= 0.3 is 0 Å². The van der Waals surface area contributed by atoms with Gasteiger partial charge in [-0.05, 0) is 43.1 Å². The van der Waals surface area contributed by atoms with Crippen LogP contribution in [0.3, 0.4) is 0 Å². The second kappa shape index (κ2) is 7.92. The maximum absolute atomic E-state index is 12.0. The molecule has 0 bridgehead atoms. The van der Waals surface area contributed by atoms with Crippen molar-refractivity contribution in [1.82, 2.24) is 15.6 Å². The highest BCUT2D eigenvalue weighted by atomic mass is 35.5. The van der Waals surface area contributed by atoms with Gasteiger partial charge in [-0.15, -0.1) is 12.4 Å². The number of hydrogen-bond donors (Lipinski definition) is 2. The van der Waals surface area contributed by atoms with E-state index in [1.807, 2.05) is 36.4 Å².